The fraction of sp³-hybridized carbons (Fsp3) is 0.200. The van der Waals surface area contributed by atoms with Crippen molar-refractivity contribution in [2.24, 2.45) is 5.14 Å². The molecule has 0 saturated heterocycles. The molecule has 3 N–H and O–H groups in total. The summed E-state index contributed by atoms with van der Waals surface area (Å²) in [4.78, 5) is 4.10. The molecule has 8 heteroatoms. The maximum absolute atomic E-state index is 11.1. The molecule has 0 atom stereocenters. The van der Waals surface area contributed by atoms with Crippen molar-refractivity contribution in [3.63, 3.8) is 0 Å². The minimum Gasteiger partial charge on any atom is -0.376 e. The van der Waals surface area contributed by atoms with Crippen molar-refractivity contribution < 1.29 is 12.9 Å². The normalized spacial score (nSPS) is 11.4. The van der Waals surface area contributed by atoms with Crippen LogP contribution in [0.1, 0.15) is 11.7 Å². The first-order chi connectivity index (χ1) is 8.45. The number of hydrogen-bond acceptors (Lipinski definition) is 6. The molecule has 2 rings (SSSR count). The van der Waals surface area contributed by atoms with E-state index in [-0.39, 0.29) is 4.90 Å². The fourth-order valence-corrected chi connectivity index (χ4v) is 1.87. The van der Waals surface area contributed by atoms with Crippen LogP contribution in [-0.2, 0) is 16.6 Å². The highest BCUT2D eigenvalue weighted by Gasteiger charge is 2.07. The van der Waals surface area contributed by atoms with Crippen molar-refractivity contribution in [2.75, 3.05) is 5.32 Å². The number of aryl methyl sites for hydroxylation is 1. The quantitative estimate of drug-likeness (QED) is 0.841. The summed E-state index contributed by atoms with van der Waals surface area (Å²) >= 11 is 0. The van der Waals surface area contributed by atoms with Gasteiger partial charge in [-0.25, -0.2) is 13.6 Å². The Morgan fingerprint density at radius 1 is 1.33 bits per heavy atom. The number of hydrogen-bond donors (Lipinski definition) is 2. The van der Waals surface area contributed by atoms with Gasteiger partial charge in [-0.05, 0) is 31.2 Å². The van der Waals surface area contributed by atoms with E-state index in [0.29, 0.717) is 18.3 Å². The Morgan fingerprint density at radius 2 is 2.00 bits per heavy atom. The lowest BCUT2D eigenvalue weighted by molar-refractivity contribution is 0.379. The second-order valence-electron chi connectivity index (χ2n) is 3.66. The average Bonchev–Trinajstić information content (AvgIpc) is 2.72. The summed E-state index contributed by atoms with van der Waals surface area (Å²) in [7, 11) is -3.65. The largest absolute Gasteiger partial charge is 0.376 e. The molecular weight excluding hydrogens is 256 g/mol. The predicted molar refractivity (Wildman–Crippen MR) is 64.2 cm³/mol. The Labute approximate surface area is 104 Å². The smallest absolute Gasteiger partial charge is 0.245 e. The van der Waals surface area contributed by atoms with Gasteiger partial charge in [-0.3, -0.25) is 0 Å². The summed E-state index contributed by atoms with van der Waals surface area (Å²) in [5.41, 5.74) is 0.734. The molecule has 0 amide bonds. The van der Waals surface area contributed by atoms with Crippen LogP contribution in [0.3, 0.4) is 0 Å². The van der Waals surface area contributed by atoms with Crippen LogP contribution >= 0.6 is 0 Å². The minimum atomic E-state index is -3.65. The summed E-state index contributed by atoms with van der Waals surface area (Å²) in [5, 5.41) is 11.7. The van der Waals surface area contributed by atoms with Gasteiger partial charge in [0.25, 0.3) is 0 Å². The van der Waals surface area contributed by atoms with Gasteiger partial charge in [0.2, 0.25) is 15.9 Å². The van der Waals surface area contributed by atoms with Crippen molar-refractivity contribution in [3.8, 4) is 0 Å². The Hall–Kier alpha value is -1.93. The van der Waals surface area contributed by atoms with E-state index in [9.17, 15) is 8.42 Å². The first-order valence-electron chi connectivity index (χ1n) is 5.11. The van der Waals surface area contributed by atoms with Gasteiger partial charge in [-0.1, -0.05) is 5.16 Å². The number of sulfonamides is 1. The second kappa shape index (κ2) is 4.75. The van der Waals surface area contributed by atoms with Gasteiger partial charge in [0.15, 0.2) is 5.82 Å². The van der Waals surface area contributed by atoms with Gasteiger partial charge < -0.3 is 9.84 Å². The molecule has 2 aromatic rings. The summed E-state index contributed by atoms with van der Waals surface area (Å²) in [5.74, 6) is 1.03. The van der Waals surface area contributed by atoms with Gasteiger partial charge in [0, 0.05) is 5.69 Å². The van der Waals surface area contributed by atoms with Crippen LogP contribution < -0.4 is 10.5 Å². The van der Waals surface area contributed by atoms with Gasteiger partial charge in [-0.2, -0.15) is 4.98 Å². The third-order valence-electron chi connectivity index (χ3n) is 2.20. The summed E-state index contributed by atoms with van der Waals surface area (Å²) in [6.07, 6.45) is 0. The van der Waals surface area contributed by atoms with Crippen LogP contribution in [0, 0.1) is 6.92 Å². The molecule has 0 fully saturated rings. The van der Waals surface area contributed by atoms with Crippen LogP contribution in [0.2, 0.25) is 0 Å². The fourth-order valence-electron chi connectivity index (χ4n) is 1.35. The maximum atomic E-state index is 11.1. The number of nitrogens with zero attached hydrogens (tertiary/aromatic N) is 2. The van der Waals surface area contributed by atoms with Gasteiger partial charge in [-0.15, -0.1) is 0 Å². The second-order valence-corrected chi connectivity index (χ2v) is 5.22. The molecule has 1 aromatic carbocycles. The third kappa shape index (κ3) is 3.05. The van der Waals surface area contributed by atoms with E-state index >= 15 is 0 Å². The molecule has 18 heavy (non-hydrogen) atoms. The topological polar surface area (TPSA) is 111 Å². The van der Waals surface area contributed by atoms with Crippen molar-refractivity contribution in [2.45, 2.75) is 18.4 Å². The number of benzene rings is 1. The van der Waals surface area contributed by atoms with E-state index in [1.54, 1.807) is 19.1 Å². The third-order valence-corrected chi connectivity index (χ3v) is 3.13. The van der Waals surface area contributed by atoms with Crippen LogP contribution in [0.5, 0.6) is 0 Å². The summed E-state index contributed by atoms with van der Waals surface area (Å²) in [6, 6.07) is 6.08. The predicted octanol–water partition coefficient (Wildman–Crippen LogP) is 0.638. The molecule has 1 aromatic heterocycles. The summed E-state index contributed by atoms with van der Waals surface area (Å²) in [6.45, 7) is 2.10. The monoisotopic (exact) mass is 268 g/mol. The van der Waals surface area contributed by atoms with Crippen LogP contribution in [-0.4, -0.2) is 18.6 Å². The highest BCUT2D eigenvalue weighted by atomic mass is 32.2. The number of nitrogens with one attached hydrogen (secondary N) is 1. The Bertz CT molecular complexity index is 633. The van der Waals surface area contributed by atoms with E-state index in [2.05, 4.69) is 15.5 Å². The molecule has 0 saturated carbocycles. The molecule has 96 valence electrons. The molecule has 0 aliphatic heterocycles. The Balaban J connectivity index is 2.03. The molecule has 0 aliphatic carbocycles. The molecule has 1 heterocycles. The molecule has 0 spiro atoms. The van der Waals surface area contributed by atoms with E-state index < -0.39 is 10.0 Å². The zero-order valence-corrected chi connectivity index (χ0v) is 10.4. The lowest BCUT2D eigenvalue weighted by atomic mass is 10.3. The lowest BCUT2D eigenvalue weighted by Gasteiger charge is -2.04. The van der Waals surface area contributed by atoms with Crippen molar-refractivity contribution in [1.82, 2.24) is 10.1 Å². The lowest BCUT2D eigenvalue weighted by Crippen LogP contribution is -2.12. The van der Waals surface area contributed by atoms with Crippen LogP contribution in [0.25, 0.3) is 0 Å². The van der Waals surface area contributed by atoms with Crippen LogP contribution in [0.4, 0.5) is 5.69 Å². The number of rotatable bonds is 4. The number of anilines is 1. The highest BCUT2D eigenvalue weighted by molar-refractivity contribution is 7.89. The first kappa shape index (κ1) is 12.5. The number of primary sulfonamides is 1. The first-order valence-corrected chi connectivity index (χ1v) is 6.66. The molecule has 0 bridgehead atoms. The molecular formula is C10H12N4O3S. The zero-order valence-electron chi connectivity index (χ0n) is 9.62. The number of nitrogens with two attached hydrogens (primary N) is 1. The SMILES string of the molecule is Cc1noc(CNc2ccc(S(N)(=O)=O)cc2)n1. The molecule has 0 unspecified atom stereocenters. The Morgan fingerprint density at radius 3 is 2.50 bits per heavy atom. The van der Waals surface area contributed by atoms with Crippen molar-refractivity contribution >= 4 is 15.7 Å². The highest BCUT2D eigenvalue weighted by Crippen LogP contribution is 2.13. The maximum Gasteiger partial charge on any atom is 0.245 e. The van der Waals surface area contributed by atoms with Crippen molar-refractivity contribution in [3.05, 3.63) is 36.0 Å². The molecule has 7 nitrogen and oxygen atoms in total. The van der Waals surface area contributed by atoms with E-state index in [1.165, 1.54) is 12.1 Å². The van der Waals surface area contributed by atoms with Gasteiger partial charge in [0.1, 0.15) is 0 Å². The van der Waals surface area contributed by atoms with E-state index in [1.807, 2.05) is 0 Å². The summed E-state index contributed by atoms with van der Waals surface area (Å²) < 4.78 is 27.0. The number of aromatic nitrogens is 2. The average molecular weight is 268 g/mol. The van der Waals surface area contributed by atoms with Crippen LogP contribution in [0.15, 0.2) is 33.7 Å². The minimum absolute atomic E-state index is 0.0710. The van der Waals surface area contributed by atoms with Gasteiger partial charge >= 0.3 is 0 Å². The standard InChI is InChI=1S/C10H12N4O3S/c1-7-13-10(17-14-7)6-12-8-2-4-9(5-3-8)18(11,15)16/h2-5,12H,6H2,1H3,(H2,11,15,16). The molecule has 0 aliphatic rings. The van der Waals surface area contributed by atoms with E-state index in [0.717, 1.165) is 5.69 Å². The van der Waals surface area contributed by atoms with Gasteiger partial charge in [0.05, 0.1) is 11.4 Å². The Kier molecular flexibility index (Phi) is 3.30. The van der Waals surface area contributed by atoms with E-state index in [4.69, 9.17) is 9.66 Å². The van der Waals surface area contributed by atoms with Crippen molar-refractivity contribution in [1.29, 1.82) is 0 Å². The molecule has 0 radical (unpaired) electrons. The zero-order chi connectivity index (χ0) is 13.2.